The molecule has 1 saturated heterocycles. The number of carbonyl (C=O) groups excluding carboxylic acids is 1. The third kappa shape index (κ3) is 4.11. The molecule has 1 aromatic carbocycles. The zero-order valence-electron chi connectivity index (χ0n) is 15.4. The number of nitrogens with zero attached hydrogens (tertiary/aromatic N) is 1. The van der Waals surface area contributed by atoms with Crippen LogP contribution in [0.25, 0.3) is 0 Å². The molecule has 144 valence electrons. The number of hydrogen-bond acceptors (Lipinski definition) is 3. The quantitative estimate of drug-likeness (QED) is 0.704. The highest BCUT2D eigenvalue weighted by molar-refractivity contribution is 7.92. The smallest absolute Gasteiger partial charge is 0.225 e. The van der Waals surface area contributed by atoms with Crippen LogP contribution in [-0.4, -0.2) is 37.6 Å². The summed E-state index contributed by atoms with van der Waals surface area (Å²) in [7, 11) is -3.50. The number of benzene rings is 1. The number of likely N-dealkylation sites (tertiary alicyclic amines) is 1. The Bertz CT molecular complexity index is 718. The van der Waals surface area contributed by atoms with E-state index in [4.69, 9.17) is 0 Å². The SMILES string of the molecule is CCCCC1CCC(C(=O)N2CC(S(=O)(=O)c3ccc(F)cc3)C2)CC1. The summed E-state index contributed by atoms with van der Waals surface area (Å²) in [5.41, 5.74) is 0. The van der Waals surface area contributed by atoms with Crippen LogP contribution < -0.4 is 0 Å². The predicted molar refractivity (Wildman–Crippen MR) is 98.9 cm³/mol. The molecule has 2 aliphatic rings. The number of hydrogen-bond donors (Lipinski definition) is 0. The highest BCUT2D eigenvalue weighted by Crippen LogP contribution is 2.34. The fourth-order valence-corrected chi connectivity index (χ4v) is 5.73. The van der Waals surface area contributed by atoms with Gasteiger partial charge in [-0.3, -0.25) is 4.79 Å². The third-order valence-electron chi connectivity index (χ3n) is 5.90. The van der Waals surface area contributed by atoms with Crippen molar-refractivity contribution in [1.29, 1.82) is 0 Å². The number of sulfone groups is 1. The minimum absolute atomic E-state index is 0.0577. The summed E-state index contributed by atoms with van der Waals surface area (Å²) in [4.78, 5) is 14.5. The Morgan fingerprint density at radius 2 is 1.73 bits per heavy atom. The third-order valence-corrected chi connectivity index (χ3v) is 8.01. The lowest BCUT2D eigenvalue weighted by Crippen LogP contribution is -2.58. The van der Waals surface area contributed by atoms with Gasteiger partial charge in [0.15, 0.2) is 9.84 Å². The Labute approximate surface area is 155 Å². The maximum absolute atomic E-state index is 13.0. The first-order valence-electron chi connectivity index (χ1n) is 9.70. The lowest BCUT2D eigenvalue weighted by Gasteiger charge is -2.41. The van der Waals surface area contributed by atoms with E-state index < -0.39 is 20.9 Å². The molecular weight excluding hydrogens is 353 g/mol. The van der Waals surface area contributed by atoms with Crippen LogP contribution in [0.5, 0.6) is 0 Å². The van der Waals surface area contributed by atoms with Gasteiger partial charge >= 0.3 is 0 Å². The van der Waals surface area contributed by atoms with Crippen LogP contribution in [-0.2, 0) is 14.6 Å². The molecule has 2 fully saturated rings. The molecule has 1 saturated carbocycles. The minimum atomic E-state index is -3.50. The fourth-order valence-electron chi connectivity index (χ4n) is 4.08. The van der Waals surface area contributed by atoms with Gasteiger partial charge < -0.3 is 4.90 Å². The maximum atomic E-state index is 13.0. The summed E-state index contributed by atoms with van der Waals surface area (Å²) in [5, 5.41) is -0.571. The molecule has 1 aliphatic heterocycles. The first kappa shape index (κ1) is 19.3. The van der Waals surface area contributed by atoms with Crippen LogP contribution in [0.1, 0.15) is 51.9 Å². The van der Waals surface area contributed by atoms with Gasteiger partial charge in [0.25, 0.3) is 0 Å². The van der Waals surface area contributed by atoms with E-state index >= 15 is 0 Å². The molecule has 0 unspecified atom stereocenters. The number of unbranched alkanes of at least 4 members (excludes halogenated alkanes) is 1. The average molecular weight is 382 g/mol. The van der Waals surface area contributed by atoms with E-state index in [1.165, 1.54) is 31.4 Å². The first-order valence-corrected chi connectivity index (χ1v) is 11.2. The molecule has 6 heteroatoms. The maximum Gasteiger partial charge on any atom is 0.225 e. The van der Waals surface area contributed by atoms with Crippen molar-refractivity contribution >= 4 is 15.7 Å². The zero-order chi connectivity index (χ0) is 18.7. The van der Waals surface area contributed by atoms with E-state index in [0.717, 1.165) is 43.7 Å². The van der Waals surface area contributed by atoms with Gasteiger partial charge in [0, 0.05) is 19.0 Å². The molecule has 0 N–H and O–H groups in total. The van der Waals surface area contributed by atoms with Gasteiger partial charge in [0.05, 0.1) is 4.90 Å². The van der Waals surface area contributed by atoms with E-state index in [2.05, 4.69) is 6.92 Å². The van der Waals surface area contributed by atoms with Gasteiger partial charge in [-0.1, -0.05) is 26.2 Å². The normalized spacial score (nSPS) is 24.3. The lowest BCUT2D eigenvalue weighted by atomic mass is 9.79. The Kier molecular flexibility index (Phi) is 6.00. The van der Waals surface area contributed by atoms with Crippen LogP contribution in [0, 0.1) is 17.7 Å². The van der Waals surface area contributed by atoms with E-state index in [1.807, 2.05) is 0 Å². The molecule has 1 aromatic rings. The second kappa shape index (κ2) is 8.07. The van der Waals surface area contributed by atoms with E-state index in [-0.39, 0.29) is 29.8 Å². The lowest BCUT2D eigenvalue weighted by molar-refractivity contribution is -0.140. The molecule has 1 heterocycles. The van der Waals surface area contributed by atoms with Gasteiger partial charge in [0.2, 0.25) is 5.91 Å². The summed E-state index contributed by atoms with van der Waals surface area (Å²) >= 11 is 0. The van der Waals surface area contributed by atoms with Crippen molar-refractivity contribution in [3.63, 3.8) is 0 Å². The second-order valence-corrected chi connectivity index (χ2v) is 9.95. The highest BCUT2D eigenvalue weighted by atomic mass is 32.2. The standard InChI is InChI=1S/C20H28FNO3S/c1-2-3-4-15-5-7-16(8-6-15)20(23)22-13-19(14-22)26(24,25)18-11-9-17(21)10-12-18/h9-12,15-16,19H,2-8,13-14H2,1H3. The molecule has 0 radical (unpaired) electrons. The van der Waals surface area contributed by atoms with Crippen LogP contribution >= 0.6 is 0 Å². The van der Waals surface area contributed by atoms with Crippen molar-refractivity contribution in [3.8, 4) is 0 Å². The van der Waals surface area contributed by atoms with Gasteiger partial charge in [-0.2, -0.15) is 0 Å². The molecule has 4 nitrogen and oxygen atoms in total. The van der Waals surface area contributed by atoms with E-state index in [1.54, 1.807) is 4.90 Å². The largest absolute Gasteiger partial charge is 0.340 e. The van der Waals surface area contributed by atoms with Crippen LogP contribution in [0.3, 0.4) is 0 Å². The number of halogens is 1. The van der Waals surface area contributed by atoms with Gasteiger partial charge in [-0.15, -0.1) is 0 Å². The topological polar surface area (TPSA) is 54.5 Å². The van der Waals surface area contributed by atoms with Gasteiger partial charge in [0.1, 0.15) is 11.1 Å². The average Bonchev–Trinajstić information content (AvgIpc) is 2.59. The summed E-state index contributed by atoms with van der Waals surface area (Å²) in [6, 6.07) is 4.91. The summed E-state index contributed by atoms with van der Waals surface area (Å²) in [5.74, 6) is 0.470. The highest BCUT2D eigenvalue weighted by Gasteiger charge is 2.42. The van der Waals surface area contributed by atoms with Crippen molar-refractivity contribution in [3.05, 3.63) is 30.1 Å². The second-order valence-electron chi connectivity index (χ2n) is 7.72. The van der Waals surface area contributed by atoms with Crippen molar-refractivity contribution in [2.45, 2.75) is 62.0 Å². The summed E-state index contributed by atoms with van der Waals surface area (Å²) < 4.78 is 38.1. The zero-order valence-corrected chi connectivity index (χ0v) is 16.2. The Morgan fingerprint density at radius 3 is 2.31 bits per heavy atom. The van der Waals surface area contributed by atoms with Gasteiger partial charge in [-0.05, 0) is 55.9 Å². The van der Waals surface area contributed by atoms with Crippen molar-refractivity contribution in [2.24, 2.45) is 11.8 Å². The first-order chi connectivity index (χ1) is 12.4. The summed E-state index contributed by atoms with van der Waals surface area (Å²) in [6.45, 7) is 2.72. The molecule has 0 aromatic heterocycles. The van der Waals surface area contributed by atoms with E-state index in [0.29, 0.717) is 0 Å². The van der Waals surface area contributed by atoms with Crippen molar-refractivity contribution in [2.75, 3.05) is 13.1 Å². The van der Waals surface area contributed by atoms with Crippen LogP contribution in [0.2, 0.25) is 0 Å². The Balaban J connectivity index is 1.50. The van der Waals surface area contributed by atoms with Crippen molar-refractivity contribution < 1.29 is 17.6 Å². The fraction of sp³-hybridized carbons (Fsp3) is 0.650. The molecule has 0 bridgehead atoms. The van der Waals surface area contributed by atoms with Crippen molar-refractivity contribution in [1.82, 2.24) is 4.90 Å². The minimum Gasteiger partial charge on any atom is -0.340 e. The molecule has 3 rings (SSSR count). The number of carbonyl (C=O) groups is 1. The molecular formula is C20H28FNO3S. The predicted octanol–water partition coefficient (Wildman–Crippen LogP) is 3.81. The van der Waals surface area contributed by atoms with Crippen LogP contribution in [0.4, 0.5) is 4.39 Å². The molecule has 26 heavy (non-hydrogen) atoms. The Morgan fingerprint density at radius 1 is 1.12 bits per heavy atom. The number of amides is 1. The van der Waals surface area contributed by atoms with E-state index in [9.17, 15) is 17.6 Å². The molecule has 1 amide bonds. The monoisotopic (exact) mass is 381 g/mol. The van der Waals surface area contributed by atoms with Crippen LogP contribution in [0.15, 0.2) is 29.2 Å². The number of rotatable bonds is 6. The summed E-state index contributed by atoms with van der Waals surface area (Å²) in [6.07, 6.45) is 7.83. The Hall–Kier alpha value is -1.43. The molecule has 0 spiro atoms. The molecule has 1 aliphatic carbocycles. The molecule has 0 atom stereocenters. The van der Waals surface area contributed by atoms with Gasteiger partial charge in [-0.25, -0.2) is 12.8 Å².